The van der Waals surface area contributed by atoms with Crippen LogP contribution in [0.2, 0.25) is 0 Å². The number of non-ortho nitro benzene ring substituents is 1. The van der Waals surface area contributed by atoms with Crippen LogP contribution in [0.25, 0.3) is 22.8 Å². The minimum absolute atomic E-state index is 0.0495. The molecule has 4 aromatic rings. The average Bonchev–Trinajstić information content (AvgIpc) is 3.31. The molecular weight excluding hydrogens is 555 g/mol. The van der Waals surface area contributed by atoms with Gasteiger partial charge in [0, 0.05) is 30.8 Å². The molecule has 2 aliphatic rings. The first kappa shape index (κ1) is 27.8. The highest BCUT2D eigenvalue weighted by molar-refractivity contribution is 7.89. The van der Waals surface area contributed by atoms with E-state index >= 15 is 0 Å². The van der Waals surface area contributed by atoms with Crippen LogP contribution in [0.15, 0.2) is 95.9 Å². The van der Waals surface area contributed by atoms with Crippen molar-refractivity contribution in [3.8, 4) is 16.9 Å². The van der Waals surface area contributed by atoms with Gasteiger partial charge in [-0.3, -0.25) is 10.1 Å². The van der Waals surface area contributed by atoms with Crippen LogP contribution in [0.4, 0.5) is 10.1 Å². The lowest BCUT2D eigenvalue weighted by Gasteiger charge is -2.31. The number of hydrogen-bond donors (Lipinski definition) is 0. The van der Waals surface area contributed by atoms with Crippen molar-refractivity contribution in [2.75, 3.05) is 19.7 Å². The van der Waals surface area contributed by atoms with Crippen LogP contribution in [-0.2, 0) is 10.0 Å². The van der Waals surface area contributed by atoms with Crippen molar-refractivity contribution in [1.82, 2.24) is 4.31 Å². The van der Waals surface area contributed by atoms with Crippen LogP contribution in [0.5, 0.6) is 5.75 Å². The quantitative estimate of drug-likeness (QED) is 0.142. The van der Waals surface area contributed by atoms with Gasteiger partial charge in [0.2, 0.25) is 10.0 Å². The van der Waals surface area contributed by atoms with E-state index in [2.05, 4.69) is 0 Å². The van der Waals surface area contributed by atoms with Gasteiger partial charge in [-0.2, -0.15) is 4.31 Å². The maximum absolute atomic E-state index is 13.2. The Morgan fingerprint density at radius 2 is 1.55 bits per heavy atom. The van der Waals surface area contributed by atoms with Crippen molar-refractivity contribution in [2.45, 2.75) is 24.2 Å². The fourth-order valence-corrected chi connectivity index (χ4v) is 7.24. The highest BCUT2D eigenvalue weighted by Gasteiger charge is 2.30. The Morgan fingerprint density at radius 3 is 2.29 bits per heavy atom. The molecule has 6 rings (SSSR count). The summed E-state index contributed by atoms with van der Waals surface area (Å²) in [5.74, 6) is 0.578. The topological polar surface area (TPSA) is 89.8 Å². The number of nitro benzene ring substituents is 1. The molecule has 0 saturated carbocycles. The minimum atomic E-state index is -3.64. The lowest BCUT2D eigenvalue weighted by molar-refractivity contribution is -0.384. The zero-order valence-electron chi connectivity index (χ0n) is 22.8. The normalized spacial score (nSPS) is 16.3. The number of benzene rings is 4. The first-order chi connectivity index (χ1) is 20.3. The Morgan fingerprint density at radius 1 is 0.881 bits per heavy atom. The molecule has 9 heteroatoms. The predicted octanol–water partition coefficient (Wildman–Crippen LogP) is 7.17. The van der Waals surface area contributed by atoms with Crippen molar-refractivity contribution in [3.63, 3.8) is 0 Å². The molecule has 1 saturated heterocycles. The van der Waals surface area contributed by atoms with Gasteiger partial charge < -0.3 is 4.74 Å². The summed E-state index contributed by atoms with van der Waals surface area (Å²) in [4.78, 5) is 11.2. The number of ether oxygens (including phenoxy) is 1. The number of para-hydroxylation sites is 1. The smallest absolute Gasteiger partial charge is 0.270 e. The van der Waals surface area contributed by atoms with Gasteiger partial charge in [0.05, 0.1) is 16.4 Å². The predicted molar refractivity (Wildman–Crippen MR) is 160 cm³/mol. The van der Waals surface area contributed by atoms with Gasteiger partial charge in [0.25, 0.3) is 5.69 Å². The lowest BCUT2D eigenvalue weighted by Crippen LogP contribution is -2.38. The molecule has 1 aliphatic carbocycles. The highest BCUT2D eigenvalue weighted by Crippen LogP contribution is 2.46. The zero-order chi connectivity index (χ0) is 29.3. The van der Waals surface area contributed by atoms with Crippen LogP contribution in [-0.4, -0.2) is 37.3 Å². The molecule has 0 atom stereocenters. The first-order valence-corrected chi connectivity index (χ1v) is 15.3. The van der Waals surface area contributed by atoms with Gasteiger partial charge in [-0.05, 0) is 95.5 Å². The van der Waals surface area contributed by atoms with Gasteiger partial charge in [-0.25, -0.2) is 12.8 Å². The molecule has 0 radical (unpaired) electrons. The van der Waals surface area contributed by atoms with Crippen molar-refractivity contribution in [2.24, 2.45) is 5.92 Å². The second kappa shape index (κ2) is 11.5. The third-order valence-electron chi connectivity index (χ3n) is 8.04. The minimum Gasteiger partial charge on any atom is -0.493 e. The molecule has 0 amide bonds. The third kappa shape index (κ3) is 5.45. The van der Waals surface area contributed by atoms with Gasteiger partial charge in [-0.1, -0.05) is 42.5 Å². The lowest BCUT2D eigenvalue weighted by atomic mass is 9.95. The van der Waals surface area contributed by atoms with Gasteiger partial charge >= 0.3 is 0 Å². The van der Waals surface area contributed by atoms with Crippen molar-refractivity contribution >= 4 is 27.4 Å². The summed E-state index contributed by atoms with van der Waals surface area (Å²) >= 11 is 0. The number of halogens is 1. The average molecular weight is 585 g/mol. The molecular formula is C33H29FN2O5S. The molecule has 0 aromatic heterocycles. The van der Waals surface area contributed by atoms with Gasteiger partial charge in [0.15, 0.2) is 0 Å². The number of hydrogen-bond acceptors (Lipinski definition) is 5. The van der Waals surface area contributed by atoms with Crippen LogP contribution < -0.4 is 4.74 Å². The van der Waals surface area contributed by atoms with E-state index in [9.17, 15) is 22.9 Å². The molecule has 42 heavy (non-hydrogen) atoms. The molecule has 0 unspecified atom stereocenters. The van der Waals surface area contributed by atoms with Gasteiger partial charge in [0.1, 0.15) is 11.6 Å². The first-order valence-electron chi connectivity index (χ1n) is 13.9. The Bertz CT molecular complexity index is 1780. The standard InChI is InChI=1S/C33H29FN2O5S/c34-25-9-12-27(13-10-25)42(39,40)35-18-15-23(16-19-35)17-20-41-33-8-4-1-5-24(33)21-31-29-7-3-2-6-28(29)30-14-11-26(36(37)38)22-32(30)31/h1-14,21-23H,15-20H2. The molecule has 214 valence electrons. The maximum atomic E-state index is 13.2. The van der Waals surface area contributed by atoms with E-state index in [4.69, 9.17) is 4.74 Å². The number of nitro groups is 1. The van der Waals surface area contributed by atoms with E-state index < -0.39 is 15.8 Å². The summed E-state index contributed by atoms with van der Waals surface area (Å²) in [6.45, 7) is 1.31. The summed E-state index contributed by atoms with van der Waals surface area (Å²) < 4.78 is 46.8. The second-order valence-electron chi connectivity index (χ2n) is 10.6. The van der Waals surface area contributed by atoms with Crippen LogP contribution in [0.1, 0.15) is 36.0 Å². The summed E-state index contributed by atoms with van der Waals surface area (Å²) in [5.41, 5.74) is 5.69. The summed E-state index contributed by atoms with van der Waals surface area (Å²) in [5, 5.41) is 11.5. The molecule has 1 fully saturated rings. The molecule has 1 aliphatic heterocycles. The number of sulfonamides is 1. The third-order valence-corrected chi connectivity index (χ3v) is 9.95. The number of fused-ring (bicyclic) bond motifs is 3. The summed E-state index contributed by atoms with van der Waals surface area (Å²) in [6.07, 6.45) is 4.26. The van der Waals surface area contributed by atoms with E-state index in [1.807, 2.05) is 60.7 Å². The van der Waals surface area contributed by atoms with Crippen LogP contribution in [0.3, 0.4) is 0 Å². The van der Waals surface area contributed by atoms with Crippen molar-refractivity contribution in [3.05, 3.63) is 124 Å². The molecule has 4 aromatic carbocycles. The van der Waals surface area contributed by atoms with E-state index in [1.54, 1.807) is 6.07 Å². The maximum Gasteiger partial charge on any atom is 0.270 e. The second-order valence-corrected chi connectivity index (χ2v) is 12.5. The monoisotopic (exact) mass is 584 g/mol. The van der Waals surface area contributed by atoms with Crippen molar-refractivity contribution < 1.29 is 22.5 Å². The van der Waals surface area contributed by atoms with E-state index in [0.29, 0.717) is 25.6 Å². The summed E-state index contributed by atoms with van der Waals surface area (Å²) in [7, 11) is -3.64. The van der Waals surface area contributed by atoms with Crippen molar-refractivity contribution in [1.29, 1.82) is 0 Å². The van der Waals surface area contributed by atoms with E-state index in [0.717, 1.165) is 58.4 Å². The Balaban J connectivity index is 1.14. The van der Waals surface area contributed by atoms with Crippen LogP contribution in [0, 0.1) is 21.8 Å². The molecule has 0 spiro atoms. The number of piperidine rings is 1. The Labute approximate surface area is 244 Å². The number of nitrogens with zero attached hydrogens (tertiary/aromatic N) is 2. The van der Waals surface area contributed by atoms with Gasteiger partial charge in [-0.15, -0.1) is 0 Å². The Kier molecular flexibility index (Phi) is 7.62. The molecule has 7 nitrogen and oxygen atoms in total. The SMILES string of the molecule is O=[N+]([O-])c1ccc2c(c1)C(=Cc1ccccc1OCCC1CCN(S(=O)(=O)c3ccc(F)cc3)CC1)c1ccccc1-2. The molecule has 1 heterocycles. The van der Waals surface area contributed by atoms with Crippen LogP contribution >= 0.6 is 0 Å². The van der Waals surface area contributed by atoms with E-state index in [-0.39, 0.29) is 15.5 Å². The van der Waals surface area contributed by atoms with E-state index in [1.165, 1.54) is 34.6 Å². The fraction of sp³-hybridized carbons (Fsp3) is 0.212. The fourth-order valence-electron chi connectivity index (χ4n) is 5.77. The largest absolute Gasteiger partial charge is 0.493 e. The highest BCUT2D eigenvalue weighted by atomic mass is 32.2. The Hall–Kier alpha value is -4.34. The molecule has 0 N–H and O–H groups in total. The number of rotatable bonds is 8. The molecule has 0 bridgehead atoms. The summed E-state index contributed by atoms with van der Waals surface area (Å²) in [6, 6.07) is 25.6. The zero-order valence-corrected chi connectivity index (χ0v) is 23.6.